The first-order valence-corrected chi connectivity index (χ1v) is 9.09. The summed E-state index contributed by atoms with van der Waals surface area (Å²) in [6.45, 7) is 6.62. The van der Waals surface area contributed by atoms with Crippen molar-refractivity contribution in [1.29, 1.82) is 0 Å². The second-order valence-corrected chi connectivity index (χ2v) is 7.08. The van der Waals surface area contributed by atoms with Crippen LogP contribution in [0.2, 0.25) is 0 Å². The van der Waals surface area contributed by atoms with Gasteiger partial charge in [-0.05, 0) is 39.7 Å². The van der Waals surface area contributed by atoms with Crippen LogP contribution >= 0.6 is 24.0 Å². The summed E-state index contributed by atoms with van der Waals surface area (Å²) in [6, 6.07) is 1.32. The molecule has 7 heteroatoms. The molecule has 1 saturated carbocycles. The standard InChI is InChI=1S/C17H32N4O2.HI/c1-13(20(3)14-6-7-14)11-19-17(18-2)21-8-10-23-16(12-21)15-5-4-9-22-15;/h13-16H,4-12H2,1-3H3,(H,18,19);1H. The second-order valence-electron chi connectivity index (χ2n) is 7.08. The summed E-state index contributed by atoms with van der Waals surface area (Å²) < 4.78 is 11.7. The molecule has 0 aromatic carbocycles. The number of hydrogen-bond acceptors (Lipinski definition) is 4. The third-order valence-corrected chi connectivity index (χ3v) is 5.36. The predicted molar refractivity (Wildman–Crippen MR) is 107 cm³/mol. The molecule has 2 aliphatic heterocycles. The Morgan fingerprint density at radius 3 is 2.62 bits per heavy atom. The Hall–Kier alpha value is -0.120. The van der Waals surface area contributed by atoms with Crippen molar-refractivity contribution in [2.24, 2.45) is 4.99 Å². The average Bonchev–Trinajstić information content (AvgIpc) is 3.28. The lowest BCUT2D eigenvalue weighted by atomic mass is 10.1. The van der Waals surface area contributed by atoms with Crippen LogP contribution in [0.15, 0.2) is 4.99 Å². The van der Waals surface area contributed by atoms with Gasteiger partial charge in [-0.1, -0.05) is 0 Å². The highest BCUT2D eigenvalue weighted by atomic mass is 127. The molecule has 1 N–H and O–H groups in total. The Morgan fingerprint density at radius 1 is 1.25 bits per heavy atom. The van der Waals surface area contributed by atoms with Crippen molar-refractivity contribution in [1.82, 2.24) is 15.1 Å². The fraction of sp³-hybridized carbons (Fsp3) is 0.941. The van der Waals surface area contributed by atoms with Gasteiger partial charge in [-0.3, -0.25) is 9.89 Å². The van der Waals surface area contributed by atoms with E-state index < -0.39 is 0 Å². The van der Waals surface area contributed by atoms with E-state index in [1.807, 2.05) is 7.05 Å². The van der Waals surface area contributed by atoms with Gasteiger partial charge in [-0.15, -0.1) is 24.0 Å². The minimum absolute atomic E-state index is 0. The van der Waals surface area contributed by atoms with Crippen LogP contribution in [0.4, 0.5) is 0 Å². The SMILES string of the molecule is CN=C(NCC(C)N(C)C1CC1)N1CCOC(C2CCCO2)C1.I. The van der Waals surface area contributed by atoms with Gasteiger partial charge in [0.05, 0.1) is 12.7 Å². The molecule has 1 aliphatic carbocycles. The molecule has 0 bridgehead atoms. The zero-order valence-corrected chi connectivity index (χ0v) is 17.6. The summed E-state index contributed by atoms with van der Waals surface area (Å²) in [7, 11) is 4.10. The topological polar surface area (TPSA) is 49.3 Å². The van der Waals surface area contributed by atoms with Crippen LogP contribution in [0.25, 0.3) is 0 Å². The number of likely N-dealkylation sites (N-methyl/N-ethyl adjacent to an activating group) is 1. The number of halogens is 1. The molecule has 0 aromatic rings. The van der Waals surface area contributed by atoms with E-state index in [0.29, 0.717) is 6.04 Å². The fourth-order valence-electron chi connectivity index (χ4n) is 3.55. The third kappa shape index (κ3) is 5.19. The number of rotatable bonds is 5. The van der Waals surface area contributed by atoms with Crippen LogP contribution in [0, 0.1) is 0 Å². The van der Waals surface area contributed by atoms with E-state index in [1.54, 1.807) is 0 Å². The Morgan fingerprint density at radius 2 is 2.00 bits per heavy atom. The summed E-state index contributed by atoms with van der Waals surface area (Å²) in [4.78, 5) is 9.28. The number of guanidine groups is 1. The van der Waals surface area contributed by atoms with Gasteiger partial charge >= 0.3 is 0 Å². The van der Waals surface area contributed by atoms with Gasteiger partial charge in [0, 0.05) is 45.4 Å². The molecule has 3 fully saturated rings. The molecule has 3 aliphatic rings. The molecule has 2 heterocycles. The largest absolute Gasteiger partial charge is 0.375 e. The smallest absolute Gasteiger partial charge is 0.193 e. The van der Waals surface area contributed by atoms with Gasteiger partial charge < -0.3 is 19.7 Å². The van der Waals surface area contributed by atoms with Crippen LogP contribution < -0.4 is 5.32 Å². The van der Waals surface area contributed by atoms with Crippen molar-refractivity contribution in [2.75, 3.05) is 46.9 Å². The molecule has 3 atom stereocenters. The minimum atomic E-state index is 0. The van der Waals surface area contributed by atoms with Crippen molar-refractivity contribution in [3.63, 3.8) is 0 Å². The van der Waals surface area contributed by atoms with Crippen LogP contribution in [0.3, 0.4) is 0 Å². The van der Waals surface area contributed by atoms with E-state index >= 15 is 0 Å². The quantitative estimate of drug-likeness (QED) is 0.390. The number of ether oxygens (including phenoxy) is 2. The first-order chi connectivity index (χ1) is 11.2. The Labute approximate surface area is 163 Å². The maximum absolute atomic E-state index is 5.93. The van der Waals surface area contributed by atoms with Gasteiger partial charge in [0.2, 0.25) is 0 Å². The highest BCUT2D eigenvalue weighted by Crippen LogP contribution is 2.26. The van der Waals surface area contributed by atoms with Crippen molar-refractivity contribution in [2.45, 2.75) is 56.9 Å². The summed E-state index contributed by atoms with van der Waals surface area (Å²) in [6.07, 6.45) is 5.41. The van der Waals surface area contributed by atoms with E-state index in [-0.39, 0.29) is 36.2 Å². The van der Waals surface area contributed by atoms with E-state index in [4.69, 9.17) is 9.47 Å². The maximum Gasteiger partial charge on any atom is 0.193 e. The lowest BCUT2D eigenvalue weighted by Crippen LogP contribution is -2.54. The van der Waals surface area contributed by atoms with Gasteiger partial charge in [-0.25, -0.2) is 0 Å². The molecule has 140 valence electrons. The van der Waals surface area contributed by atoms with Crippen molar-refractivity contribution in [3.05, 3.63) is 0 Å². The van der Waals surface area contributed by atoms with Crippen LogP contribution in [0.5, 0.6) is 0 Å². The Kier molecular flexibility index (Phi) is 8.03. The summed E-state index contributed by atoms with van der Waals surface area (Å²) >= 11 is 0. The summed E-state index contributed by atoms with van der Waals surface area (Å²) in [5.41, 5.74) is 0. The van der Waals surface area contributed by atoms with E-state index in [2.05, 4.69) is 34.1 Å². The molecule has 3 unspecified atom stereocenters. The maximum atomic E-state index is 5.93. The average molecular weight is 452 g/mol. The highest BCUT2D eigenvalue weighted by molar-refractivity contribution is 14.0. The van der Waals surface area contributed by atoms with Gasteiger partial charge in [0.25, 0.3) is 0 Å². The number of aliphatic imine (C=N–C) groups is 1. The van der Waals surface area contributed by atoms with E-state index in [0.717, 1.165) is 57.7 Å². The van der Waals surface area contributed by atoms with Gasteiger partial charge in [-0.2, -0.15) is 0 Å². The normalized spacial score (nSPS) is 29.5. The fourth-order valence-corrected chi connectivity index (χ4v) is 3.55. The molecular weight excluding hydrogens is 419 g/mol. The summed E-state index contributed by atoms with van der Waals surface area (Å²) in [5, 5.41) is 3.55. The Bertz CT molecular complexity index is 413. The van der Waals surface area contributed by atoms with Crippen LogP contribution in [0.1, 0.15) is 32.6 Å². The molecule has 24 heavy (non-hydrogen) atoms. The van der Waals surface area contributed by atoms with Crippen LogP contribution in [-0.2, 0) is 9.47 Å². The molecule has 0 spiro atoms. The molecule has 3 rings (SSSR count). The molecular formula is C17H33IN4O2. The highest BCUT2D eigenvalue weighted by Gasteiger charge is 2.33. The first-order valence-electron chi connectivity index (χ1n) is 9.09. The zero-order valence-electron chi connectivity index (χ0n) is 15.2. The van der Waals surface area contributed by atoms with Gasteiger partial charge in [0.1, 0.15) is 6.10 Å². The molecule has 6 nitrogen and oxygen atoms in total. The molecule has 2 saturated heterocycles. The molecule has 0 aromatic heterocycles. The number of nitrogens with one attached hydrogen (secondary N) is 1. The number of morpholine rings is 1. The molecule has 0 radical (unpaired) electrons. The Balaban J connectivity index is 0.00000208. The van der Waals surface area contributed by atoms with Crippen molar-refractivity contribution in [3.8, 4) is 0 Å². The lowest BCUT2D eigenvalue weighted by Gasteiger charge is -2.37. The van der Waals surface area contributed by atoms with Crippen molar-refractivity contribution >= 4 is 29.9 Å². The van der Waals surface area contributed by atoms with Crippen LogP contribution in [-0.4, -0.2) is 87.0 Å². The monoisotopic (exact) mass is 452 g/mol. The summed E-state index contributed by atoms with van der Waals surface area (Å²) in [5.74, 6) is 0.993. The second kappa shape index (κ2) is 9.54. The number of nitrogens with zero attached hydrogens (tertiary/aromatic N) is 3. The number of hydrogen-bond donors (Lipinski definition) is 1. The molecule has 0 amide bonds. The lowest BCUT2D eigenvalue weighted by molar-refractivity contribution is -0.0817. The predicted octanol–water partition coefficient (Wildman–Crippen LogP) is 1.54. The zero-order chi connectivity index (χ0) is 16.2. The first kappa shape index (κ1) is 20.2. The minimum Gasteiger partial charge on any atom is -0.375 e. The van der Waals surface area contributed by atoms with E-state index in [9.17, 15) is 0 Å². The van der Waals surface area contributed by atoms with Crippen molar-refractivity contribution < 1.29 is 9.47 Å². The van der Waals surface area contributed by atoms with Gasteiger partial charge in [0.15, 0.2) is 5.96 Å². The third-order valence-electron chi connectivity index (χ3n) is 5.36. The van der Waals surface area contributed by atoms with E-state index in [1.165, 1.54) is 12.8 Å².